The van der Waals surface area contributed by atoms with Crippen molar-refractivity contribution in [3.05, 3.63) is 87.2 Å². The number of benzene rings is 1. The number of halogens is 5. The van der Waals surface area contributed by atoms with Crippen LogP contribution in [0, 0.1) is 25.5 Å². The third-order valence-electron chi connectivity index (χ3n) is 7.88. The molecule has 0 saturated carbocycles. The summed E-state index contributed by atoms with van der Waals surface area (Å²) < 4.78 is 78.5. The minimum atomic E-state index is -4.74. The van der Waals surface area contributed by atoms with Crippen LogP contribution in [0.1, 0.15) is 27.3 Å². The Morgan fingerprint density at radius 3 is 2.49 bits per heavy atom. The van der Waals surface area contributed by atoms with Crippen LogP contribution in [0.3, 0.4) is 0 Å². The van der Waals surface area contributed by atoms with Crippen molar-refractivity contribution in [3.8, 4) is 11.1 Å². The number of nitrogens with one attached hydrogen (secondary N) is 1. The van der Waals surface area contributed by atoms with Crippen LogP contribution in [0.4, 0.5) is 27.6 Å². The number of carbonyl (C=O) groups excluding carboxylic acids is 1. The van der Waals surface area contributed by atoms with Crippen molar-refractivity contribution < 1.29 is 41.4 Å². The highest BCUT2D eigenvalue weighted by atomic mass is 19.4. The van der Waals surface area contributed by atoms with Gasteiger partial charge >= 0.3 is 12.1 Å². The lowest BCUT2D eigenvalue weighted by molar-refractivity contribution is -0.167. The van der Waals surface area contributed by atoms with Crippen LogP contribution >= 0.6 is 0 Å². The fourth-order valence-electron chi connectivity index (χ4n) is 5.50. The van der Waals surface area contributed by atoms with E-state index in [1.807, 2.05) is 6.07 Å². The fourth-order valence-corrected chi connectivity index (χ4v) is 5.50. The van der Waals surface area contributed by atoms with Crippen molar-refractivity contribution >= 4 is 23.2 Å². The minimum Gasteiger partial charge on any atom is -0.480 e. The Morgan fingerprint density at radius 1 is 1.16 bits per heavy atom. The third-order valence-corrected chi connectivity index (χ3v) is 7.88. The van der Waals surface area contributed by atoms with Gasteiger partial charge in [-0.3, -0.25) is 9.59 Å². The molecular weight excluding hydrogens is 605 g/mol. The first-order valence-corrected chi connectivity index (χ1v) is 13.8. The number of ether oxygens (including phenoxy) is 1. The maximum absolute atomic E-state index is 15.1. The minimum absolute atomic E-state index is 0.106. The molecule has 2 atom stereocenters. The molecule has 0 spiro atoms. The van der Waals surface area contributed by atoms with Crippen molar-refractivity contribution in [2.75, 3.05) is 24.7 Å². The summed E-state index contributed by atoms with van der Waals surface area (Å²) in [4.78, 5) is 43.3. The molecular formula is C30H28F5N5O5. The highest BCUT2D eigenvalue weighted by Crippen LogP contribution is 2.33. The van der Waals surface area contributed by atoms with Gasteiger partial charge in [0.2, 0.25) is 0 Å². The molecule has 2 unspecified atom stereocenters. The summed E-state index contributed by atoms with van der Waals surface area (Å²) in [7, 11) is 1.64. The second-order valence-corrected chi connectivity index (χ2v) is 10.7. The van der Waals surface area contributed by atoms with Crippen molar-refractivity contribution in [2.24, 2.45) is 7.05 Å². The lowest BCUT2D eigenvalue weighted by Crippen LogP contribution is -2.53. The smallest absolute Gasteiger partial charge is 0.411 e. The topological polar surface area (TPSA) is 118 Å². The molecule has 0 radical (unpaired) electrons. The number of anilines is 1. The van der Waals surface area contributed by atoms with Crippen LogP contribution in [0.2, 0.25) is 0 Å². The number of aromatic nitrogens is 3. The normalized spacial score (nSPS) is 16.2. The van der Waals surface area contributed by atoms with Gasteiger partial charge in [-0.25, -0.2) is 18.6 Å². The predicted molar refractivity (Wildman–Crippen MR) is 152 cm³/mol. The van der Waals surface area contributed by atoms with E-state index in [0.29, 0.717) is 40.2 Å². The molecule has 238 valence electrons. The molecule has 10 nitrogen and oxygen atoms in total. The Hall–Kier alpha value is -4.79. The monoisotopic (exact) mass is 633 g/mol. The van der Waals surface area contributed by atoms with Crippen molar-refractivity contribution in [1.29, 1.82) is 0 Å². The van der Waals surface area contributed by atoms with E-state index in [1.54, 1.807) is 43.6 Å². The lowest BCUT2D eigenvalue weighted by atomic mass is 10.0. The van der Waals surface area contributed by atoms with Gasteiger partial charge in [0.1, 0.15) is 34.9 Å². The molecule has 2 N–H and O–H groups in total. The predicted octanol–water partition coefficient (Wildman–Crippen LogP) is 3.79. The molecule has 1 aliphatic rings. The Bertz CT molecular complexity index is 1850. The number of pyridine rings is 2. The standard InChI is InChI=1S/C30H28F5N5O5/c1-15-10-16(2)38(3)28(42)24(15)19-5-4-17(40-7-6-36-26(19)40)13-22(29(43)44)37-27(41)25-20(31)11-18(12-21(25)32)39-8-9-45-14-23(39)30(33,34)35/h4-7,10-12,22-23H,8-9,13-14H2,1-3H3,(H,37,41)(H,43,44). The molecule has 4 aromatic rings. The maximum atomic E-state index is 15.1. The van der Waals surface area contributed by atoms with E-state index in [9.17, 15) is 32.7 Å². The first-order valence-electron chi connectivity index (χ1n) is 13.8. The lowest BCUT2D eigenvalue weighted by Gasteiger charge is -2.38. The molecule has 15 heteroatoms. The fraction of sp³-hybridized carbons (Fsp3) is 0.333. The van der Waals surface area contributed by atoms with Gasteiger partial charge in [0.25, 0.3) is 11.5 Å². The first-order chi connectivity index (χ1) is 21.2. The molecule has 1 aromatic carbocycles. The average molecular weight is 634 g/mol. The number of alkyl halides is 3. The Balaban J connectivity index is 1.43. The number of fused-ring (bicyclic) bond motifs is 1. The van der Waals surface area contributed by atoms with Crippen LogP contribution in [0.25, 0.3) is 16.8 Å². The van der Waals surface area contributed by atoms with Crippen molar-refractivity contribution in [1.82, 2.24) is 19.3 Å². The largest absolute Gasteiger partial charge is 0.480 e. The maximum Gasteiger partial charge on any atom is 0.411 e. The number of rotatable bonds is 7. The zero-order chi connectivity index (χ0) is 32.8. The van der Waals surface area contributed by atoms with E-state index in [1.165, 1.54) is 10.8 Å². The molecule has 4 heterocycles. The number of amides is 1. The summed E-state index contributed by atoms with van der Waals surface area (Å²) in [5.74, 6) is -5.84. The number of aryl methyl sites for hydroxylation is 2. The number of hydrogen-bond acceptors (Lipinski definition) is 6. The van der Waals surface area contributed by atoms with Gasteiger partial charge in [0.05, 0.1) is 18.8 Å². The molecule has 0 bridgehead atoms. The summed E-state index contributed by atoms with van der Waals surface area (Å²) in [5, 5.41) is 12.0. The third kappa shape index (κ3) is 5.99. The quantitative estimate of drug-likeness (QED) is 0.298. The molecule has 1 saturated heterocycles. The Morgan fingerprint density at radius 2 is 1.84 bits per heavy atom. The zero-order valence-corrected chi connectivity index (χ0v) is 24.3. The van der Waals surface area contributed by atoms with Crippen LogP contribution in [-0.2, 0) is 23.0 Å². The van der Waals surface area contributed by atoms with E-state index in [2.05, 4.69) is 10.3 Å². The second kappa shape index (κ2) is 12.0. The van der Waals surface area contributed by atoms with E-state index < -0.39 is 59.6 Å². The number of aliphatic carboxylic acids is 1. The number of carbonyl (C=O) groups is 2. The highest BCUT2D eigenvalue weighted by Gasteiger charge is 2.46. The van der Waals surface area contributed by atoms with E-state index in [-0.39, 0.29) is 25.1 Å². The van der Waals surface area contributed by atoms with Gasteiger partial charge in [-0.15, -0.1) is 0 Å². The summed E-state index contributed by atoms with van der Waals surface area (Å²) in [6.45, 7) is 2.45. The van der Waals surface area contributed by atoms with Crippen LogP contribution in [0.5, 0.6) is 0 Å². The Kier molecular flexibility index (Phi) is 8.40. The number of imidazole rings is 1. The molecule has 45 heavy (non-hydrogen) atoms. The van der Waals surface area contributed by atoms with Crippen LogP contribution in [-0.4, -0.2) is 69.0 Å². The average Bonchev–Trinajstić information content (AvgIpc) is 3.46. The molecule has 1 fully saturated rings. The highest BCUT2D eigenvalue weighted by molar-refractivity contribution is 5.97. The van der Waals surface area contributed by atoms with Crippen LogP contribution < -0.4 is 15.8 Å². The SMILES string of the molecule is Cc1cc(C)n(C)c(=O)c1-c1ccc(CC(NC(=O)c2c(F)cc(N3CCOCC3C(F)(F)F)cc2F)C(=O)O)n2ccnc12. The first kappa shape index (κ1) is 31.6. The van der Waals surface area contributed by atoms with Gasteiger partial charge < -0.3 is 29.0 Å². The molecule has 3 aromatic heterocycles. The second-order valence-electron chi connectivity index (χ2n) is 10.7. The zero-order valence-electron chi connectivity index (χ0n) is 24.3. The number of morpholine rings is 1. The van der Waals surface area contributed by atoms with Gasteiger partial charge in [0.15, 0.2) is 0 Å². The summed E-state index contributed by atoms with van der Waals surface area (Å²) in [6, 6.07) is 2.39. The Labute approximate surface area is 252 Å². The van der Waals surface area contributed by atoms with Crippen LogP contribution in [0.15, 0.2) is 47.5 Å². The van der Waals surface area contributed by atoms with Crippen molar-refractivity contribution in [2.45, 2.75) is 38.5 Å². The molecule has 0 aliphatic carbocycles. The van der Waals surface area contributed by atoms with E-state index >= 15 is 8.78 Å². The summed E-state index contributed by atoms with van der Waals surface area (Å²) in [5.41, 5.74) is 1.23. The number of hydrogen-bond donors (Lipinski definition) is 2. The number of nitrogens with zero attached hydrogens (tertiary/aromatic N) is 4. The summed E-state index contributed by atoms with van der Waals surface area (Å²) in [6.07, 6.45) is -2.10. The summed E-state index contributed by atoms with van der Waals surface area (Å²) >= 11 is 0. The van der Waals surface area contributed by atoms with E-state index in [4.69, 9.17) is 4.74 Å². The van der Waals surface area contributed by atoms with Gasteiger partial charge in [-0.05, 0) is 49.7 Å². The number of carboxylic acids is 1. The molecule has 5 rings (SSSR count). The molecule has 1 amide bonds. The van der Waals surface area contributed by atoms with Crippen molar-refractivity contribution in [3.63, 3.8) is 0 Å². The van der Waals surface area contributed by atoms with Gasteiger partial charge in [-0.2, -0.15) is 13.2 Å². The number of carboxylic acid groups (broad SMARTS) is 1. The van der Waals surface area contributed by atoms with E-state index in [0.717, 1.165) is 10.6 Å². The van der Waals surface area contributed by atoms with Gasteiger partial charge in [0, 0.05) is 55.0 Å². The molecule has 1 aliphatic heterocycles. The van der Waals surface area contributed by atoms with Gasteiger partial charge in [-0.1, -0.05) is 0 Å².